The van der Waals surface area contributed by atoms with Crippen molar-refractivity contribution in [1.82, 2.24) is 9.55 Å². The molecule has 8 heteroatoms. The fourth-order valence-electron chi connectivity index (χ4n) is 3.98. The number of halogens is 1. The van der Waals surface area contributed by atoms with Crippen LogP contribution in [0.5, 0.6) is 0 Å². The van der Waals surface area contributed by atoms with E-state index in [9.17, 15) is 9.59 Å². The average Bonchev–Trinajstić information content (AvgIpc) is 3.49. The van der Waals surface area contributed by atoms with Crippen molar-refractivity contribution in [1.29, 1.82) is 0 Å². The van der Waals surface area contributed by atoms with E-state index in [1.165, 1.54) is 0 Å². The molecule has 3 aromatic carbocycles. The molecule has 0 unspecified atom stereocenters. The number of benzene rings is 3. The molecule has 1 aromatic heterocycles. The third kappa shape index (κ3) is 4.67. The normalized spacial score (nSPS) is 13.7. The van der Waals surface area contributed by atoms with E-state index in [1.54, 1.807) is 47.4 Å². The molecule has 0 aliphatic carbocycles. The number of anilines is 3. The van der Waals surface area contributed by atoms with Gasteiger partial charge in [0.2, 0.25) is 5.91 Å². The SMILES string of the molecule is CN(C(=O)Cn1ccnc1)c1ccc(N/C(=C2\C(=O)Nc3cc(Cl)ccc32)c2ccccc2)cc1. The second-order valence-corrected chi connectivity index (χ2v) is 8.56. The molecule has 2 amide bonds. The summed E-state index contributed by atoms with van der Waals surface area (Å²) in [7, 11) is 1.74. The number of nitrogens with one attached hydrogen (secondary N) is 2. The number of nitrogens with zero attached hydrogens (tertiary/aromatic N) is 3. The van der Waals surface area contributed by atoms with E-state index < -0.39 is 0 Å². The number of fused-ring (bicyclic) bond motifs is 1. The van der Waals surface area contributed by atoms with Crippen LogP contribution in [0.25, 0.3) is 11.3 Å². The quantitative estimate of drug-likeness (QED) is 0.372. The molecule has 0 saturated heterocycles. The van der Waals surface area contributed by atoms with Crippen molar-refractivity contribution in [2.45, 2.75) is 6.54 Å². The van der Waals surface area contributed by atoms with Crippen molar-refractivity contribution in [3.05, 3.63) is 108 Å². The number of carbonyl (C=O) groups is 2. The molecular weight excluding hydrogens is 462 g/mol. The number of likely N-dealkylation sites (N-methyl/N-ethyl adjacent to an activating group) is 1. The highest BCUT2D eigenvalue weighted by Crippen LogP contribution is 2.38. The Kier molecular flexibility index (Phi) is 6.08. The van der Waals surface area contributed by atoms with Gasteiger partial charge in [0.05, 0.1) is 23.3 Å². The molecule has 2 N–H and O–H groups in total. The van der Waals surface area contributed by atoms with Crippen molar-refractivity contribution in [3.8, 4) is 0 Å². The Morgan fingerprint density at radius 2 is 1.86 bits per heavy atom. The fourth-order valence-corrected chi connectivity index (χ4v) is 4.15. The van der Waals surface area contributed by atoms with Gasteiger partial charge in [-0.05, 0) is 42.0 Å². The lowest BCUT2D eigenvalue weighted by molar-refractivity contribution is -0.118. The topological polar surface area (TPSA) is 79.3 Å². The van der Waals surface area contributed by atoms with Gasteiger partial charge in [0, 0.05) is 41.4 Å². The van der Waals surface area contributed by atoms with Crippen LogP contribution >= 0.6 is 11.6 Å². The van der Waals surface area contributed by atoms with Crippen molar-refractivity contribution in [2.75, 3.05) is 22.6 Å². The van der Waals surface area contributed by atoms with Gasteiger partial charge in [-0.1, -0.05) is 48.0 Å². The van der Waals surface area contributed by atoms with Crippen LogP contribution in [0.3, 0.4) is 0 Å². The van der Waals surface area contributed by atoms with Gasteiger partial charge >= 0.3 is 0 Å². The highest BCUT2D eigenvalue weighted by atomic mass is 35.5. The highest BCUT2D eigenvalue weighted by Gasteiger charge is 2.28. The van der Waals surface area contributed by atoms with Crippen LogP contribution in [0, 0.1) is 0 Å². The number of rotatable bonds is 6. The third-order valence-corrected chi connectivity index (χ3v) is 6.05. The van der Waals surface area contributed by atoms with Gasteiger partial charge in [-0.2, -0.15) is 0 Å². The van der Waals surface area contributed by atoms with Gasteiger partial charge in [-0.15, -0.1) is 0 Å². The Morgan fingerprint density at radius 1 is 1.09 bits per heavy atom. The Hall–Kier alpha value is -4.36. The van der Waals surface area contributed by atoms with E-state index in [1.807, 2.05) is 60.7 Å². The molecule has 5 rings (SSSR count). The lowest BCUT2D eigenvalue weighted by atomic mass is 10.00. The summed E-state index contributed by atoms with van der Waals surface area (Å²) in [5, 5.41) is 6.89. The van der Waals surface area contributed by atoms with Gasteiger partial charge in [0.25, 0.3) is 5.91 Å². The van der Waals surface area contributed by atoms with Crippen LogP contribution in [0.1, 0.15) is 11.1 Å². The van der Waals surface area contributed by atoms with Gasteiger partial charge in [0.15, 0.2) is 0 Å². The fraction of sp³-hybridized carbons (Fsp3) is 0.0741. The van der Waals surface area contributed by atoms with E-state index in [0.717, 1.165) is 22.5 Å². The van der Waals surface area contributed by atoms with E-state index in [2.05, 4.69) is 15.6 Å². The van der Waals surface area contributed by atoms with Crippen LogP contribution in [-0.2, 0) is 16.1 Å². The average molecular weight is 484 g/mol. The Labute approximate surface area is 207 Å². The molecule has 35 heavy (non-hydrogen) atoms. The molecule has 174 valence electrons. The zero-order chi connectivity index (χ0) is 24.4. The molecule has 0 saturated carbocycles. The number of aromatic nitrogens is 2. The maximum absolute atomic E-state index is 13.0. The van der Waals surface area contributed by atoms with Crippen molar-refractivity contribution < 1.29 is 9.59 Å². The first-order valence-corrected chi connectivity index (χ1v) is 11.4. The summed E-state index contributed by atoms with van der Waals surface area (Å²) < 4.78 is 1.73. The van der Waals surface area contributed by atoms with Gasteiger partial charge in [-0.3, -0.25) is 9.59 Å². The molecule has 7 nitrogen and oxygen atoms in total. The van der Waals surface area contributed by atoms with E-state index in [0.29, 0.717) is 22.0 Å². The molecule has 4 aromatic rings. The molecular formula is C27H22ClN5O2. The van der Waals surface area contributed by atoms with Crippen molar-refractivity contribution in [3.63, 3.8) is 0 Å². The summed E-state index contributed by atoms with van der Waals surface area (Å²) in [6.45, 7) is 0.208. The van der Waals surface area contributed by atoms with E-state index >= 15 is 0 Å². The minimum atomic E-state index is -0.199. The monoisotopic (exact) mass is 483 g/mol. The summed E-state index contributed by atoms with van der Waals surface area (Å²) in [5.74, 6) is -0.260. The van der Waals surface area contributed by atoms with Crippen LogP contribution in [-0.4, -0.2) is 28.4 Å². The maximum atomic E-state index is 13.0. The maximum Gasteiger partial charge on any atom is 0.258 e. The van der Waals surface area contributed by atoms with Gasteiger partial charge in [0.1, 0.15) is 6.54 Å². The molecule has 2 heterocycles. The highest BCUT2D eigenvalue weighted by molar-refractivity contribution is 6.38. The zero-order valence-corrected chi connectivity index (χ0v) is 19.7. The Morgan fingerprint density at radius 3 is 2.57 bits per heavy atom. The Bertz CT molecular complexity index is 1410. The number of carbonyl (C=O) groups excluding carboxylic acids is 2. The molecule has 1 aliphatic heterocycles. The first-order valence-electron chi connectivity index (χ1n) is 11.0. The number of amides is 2. The van der Waals surface area contributed by atoms with Gasteiger partial charge < -0.3 is 20.1 Å². The smallest absolute Gasteiger partial charge is 0.258 e. The predicted molar refractivity (Wildman–Crippen MR) is 139 cm³/mol. The second kappa shape index (κ2) is 9.48. The number of hydrogen-bond donors (Lipinski definition) is 2. The van der Waals surface area contributed by atoms with Crippen LogP contribution in [0.4, 0.5) is 17.1 Å². The molecule has 0 spiro atoms. The van der Waals surface area contributed by atoms with Crippen molar-refractivity contribution >= 4 is 51.7 Å². The molecule has 0 bridgehead atoms. The van der Waals surface area contributed by atoms with E-state index in [4.69, 9.17) is 11.6 Å². The number of hydrogen-bond acceptors (Lipinski definition) is 4. The minimum Gasteiger partial charge on any atom is -0.354 e. The predicted octanol–water partition coefficient (Wildman–Crippen LogP) is 5.13. The van der Waals surface area contributed by atoms with Crippen LogP contribution in [0.2, 0.25) is 5.02 Å². The zero-order valence-electron chi connectivity index (χ0n) is 18.9. The summed E-state index contributed by atoms with van der Waals surface area (Å²) in [5.41, 5.74) is 5.10. The van der Waals surface area contributed by atoms with Crippen LogP contribution < -0.4 is 15.5 Å². The molecule has 0 radical (unpaired) electrons. The van der Waals surface area contributed by atoms with Crippen molar-refractivity contribution in [2.24, 2.45) is 0 Å². The first kappa shape index (κ1) is 22.4. The first-order chi connectivity index (χ1) is 17.0. The number of imidazole rings is 1. The summed E-state index contributed by atoms with van der Waals surface area (Å²) in [6, 6.07) is 22.6. The molecule has 0 atom stereocenters. The van der Waals surface area contributed by atoms with Gasteiger partial charge in [-0.25, -0.2) is 4.98 Å². The minimum absolute atomic E-state index is 0.0614. The van der Waals surface area contributed by atoms with E-state index in [-0.39, 0.29) is 18.4 Å². The molecule has 1 aliphatic rings. The summed E-state index contributed by atoms with van der Waals surface area (Å²) in [4.78, 5) is 31.2. The standard InChI is InChI=1S/C27H22ClN5O2/c1-32(24(34)16-33-14-13-29-17-33)21-10-8-20(9-11-21)30-26(18-5-3-2-4-6-18)25-22-12-7-19(28)15-23(22)31-27(25)35/h2-15,17,30H,16H2,1H3,(H,31,35)/b26-25-. The lowest BCUT2D eigenvalue weighted by Crippen LogP contribution is -2.29. The largest absolute Gasteiger partial charge is 0.354 e. The summed E-state index contributed by atoms with van der Waals surface area (Å²) in [6.07, 6.45) is 5.01. The Balaban J connectivity index is 1.45. The van der Waals surface area contributed by atoms with Crippen LogP contribution in [0.15, 0.2) is 91.5 Å². The summed E-state index contributed by atoms with van der Waals surface area (Å²) >= 11 is 6.13. The third-order valence-electron chi connectivity index (χ3n) is 5.81. The second-order valence-electron chi connectivity index (χ2n) is 8.12. The molecule has 0 fully saturated rings. The lowest BCUT2D eigenvalue weighted by Gasteiger charge is -2.19.